The lowest BCUT2D eigenvalue weighted by Crippen LogP contribution is -2.48. The van der Waals surface area contributed by atoms with E-state index in [1.165, 1.54) is 17.4 Å². The first-order valence-electron chi connectivity index (χ1n) is 6.15. The molecule has 0 aliphatic carbocycles. The van der Waals surface area contributed by atoms with Gasteiger partial charge in [-0.15, -0.1) is 11.3 Å². The van der Waals surface area contributed by atoms with Crippen LogP contribution in [0.3, 0.4) is 0 Å². The average Bonchev–Trinajstić information content (AvgIpc) is 2.72. The molecule has 0 spiro atoms. The zero-order valence-electron chi connectivity index (χ0n) is 11.3. The molecule has 0 saturated carbocycles. The van der Waals surface area contributed by atoms with E-state index in [0.717, 1.165) is 0 Å². The minimum atomic E-state index is -0.688. The van der Waals surface area contributed by atoms with Crippen molar-refractivity contribution in [2.45, 2.75) is 32.5 Å². The molecule has 1 aliphatic heterocycles. The molecule has 19 heavy (non-hydrogen) atoms. The van der Waals surface area contributed by atoms with Gasteiger partial charge in [-0.05, 0) is 20.8 Å². The second-order valence-electron chi connectivity index (χ2n) is 5.30. The standard InChI is InChI=1S/C12H18N2O4S/c1-8(15)10-6-9(14(16)17)11(19-10)13-4-5-18-12(2,3)7-13/h6,8,15H,4-5,7H2,1-3H3/t8-/m0/s1. The van der Waals surface area contributed by atoms with Gasteiger partial charge >= 0.3 is 5.69 Å². The van der Waals surface area contributed by atoms with Crippen LogP contribution in [0.15, 0.2) is 6.07 Å². The molecule has 1 aliphatic rings. The summed E-state index contributed by atoms with van der Waals surface area (Å²) in [6.45, 7) is 7.33. The maximum absolute atomic E-state index is 11.1. The molecule has 2 heterocycles. The van der Waals surface area contributed by atoms with Crippen LogP contribution in [0.2, 0.25) is 0 Å². The van der Waals surface area contributed by atoms with Gasteiger partial charge in [0.15, 0.2) is 5.00 Å². The molecule has 1 aromatic heterocycles. The molecule has 0 radical (unpaired) electrons. The van der Waals surface area contributed by atoms with Gasteiger partial charge in [-0.1, -0.05) is 0 Å². The van der Waals surface area contributed by atoms with Crippen molar-refractivity contribution in [3.63, 3.8) is 0 Å². The van der Waals surface area contributed by atoms with Gasteiger partial charge in [0.2, 0.25) is 0 Å². The molecule has 1 fully saturated rings. The molecule has 0 unspecified atom stereocenters. The zero-order valence-corrected chi connectivity index (χ0v) is 12.1. The smallest absolute Gasteiger partial charge is 0.304 e. The SMILES string of the molecule is C[C@H](O)c1cc([N+](=O)[O-])c(N2CCOC(C)(C)C2)s1. The first kappa shape index (κ1) is 14.2. The van der Waals surface area contributed by atoms with E-state index < -0.39 is 6.10 Å². The highest BCUT2D eigenvalue weighted by molar-refractivity contribution is 7.16. The Hall–Kier alpha value is -1.18. The molecular formula is C12H18N2O4S. The molecule has 1 aromatic rings. The van der Waals surface area contributed by atoms with Crippen molar-refractivity contribution in [2.24, 2.45) is 0 Å². The molecule has 0 aromatic carbocycles. The molecule has 2 rings (SSSR count). The second kappa shape index (κ2) is 5.07. The third-order valence-corrected chi connectivity index (χ3v) is 4.39. The van der Waals surface area contributed by atoms with Crippen molar-refractivity contribution < 1.29 is 14.8 Å². The fourth-order valence-corrected chi connectivity index (χ4v) is 3.23. The van der Waals surface area contributed by atoms with Crippen LogP contribution in [-0.2, 0) is 4.74 Å². The molecular weight excluding hydrogens is 268 g/mol. The predicted molar refractivity (Wildman–Crippen MR) is 73.9 cm³/mol. The topological polar surface area (TPSA) is 75.8 Å². The Kier molecular flexibility index (Phi) is 3.80. The highest BCUT2D eigenvalue weighted by Crippen LogP contribution is 2.41. The highest BCUT2D eigenvalue weighted by atomic mass is 32.1. The zero-order chi connectivity index (χ0) is 14.2. The first-order valence-corrected chi connectivity index (χ1v) is 6.97. The Balaban J connectivity index is 2.35. The van der Waals surface area contributed by atoms with Gasteiger partial charge in [-0.25, -0.2) is 0 Å². The molecule has 106 valence electrons. The fourth-order valence-electron chi connectivity index (χ4n) is 2.14. The number of thiophene rings is 1. The Labute approximate surface area is 115 Å². The van der Waals surface area contributed by atoms with E-state index in [1.54, 1.807) is 6.92 Å². The lowest BCUT2D eigenvalue weighted by atomic mass is 10.1. The molecule has 0 bridgehead atoms. The van der Waals surface area contributed by atoms with Crippen molar-refractivity contribution in [1.29, 1.82) is 0 Å². The van der Waals surface area contributed by atoms with E-state index in [2.05, 4.69) is 0 Å². The number of nitrogens with zero attached hydrogens (tertiary/aromatic N) is 2. The summed E-state index contributed by atoms with van der Waals surface area (Å²) in [4.78, 5) is 13.3. The van der Waals surface area contributed by atoms with Crippen molar-refractivity contribution in [3.05, 3.63) is 21.1 Å². The third-order valence-electron chi connectivity index (χ3n) is 3.03. The Morgan fingerprint density at radius 2 is 2.32 bits per heavy atom. The predicted octanol–water partition coefficient (Wildman–Crippen LogP) is 2.32. The van der Waals surface area contributed by atoms with E-state index in [0.29, 0.717) is 29.6 Å². The van der Waals surface area contributed by atoms with E-state index in [1.807, 2.05) is 18.7 Å². The summed E-state index contributed by atoms with van der Waals surface area (Å²) in [6.07, 6.45) is -0.688. The number of morpholine rings is 1. The second-order valence-corrected chi connectivity index (χ2v) is 6.36. The van der Waals surface area contributed by atoms with Gasteiger partial charge in [0.05, 0.1) is 23.2 Å². The molecule has 6 nitrogen and oxygen atoms in total. The summed E-state index contributed by atoms with van der Waals surface area (Å²) in [5.74, 6) is 0. The van der Waals surface area contributed by atoms with Crippen molar-refractivity contribution in [1.82, 2.24) is 0 Å². The lowest BCUT2D eigenvalue weighted by Gasteiger charge is -2.38. The molecule has 0 amide bonds. The lowest BCUT2D eigenvalue weighted by molar-refractivity contribution is -0.383. The summed E-state index contributed by atoms with van der Waals surface area (Å²) >= 11 is 1.28. The Bertz CT molecular complexity index is 484. The summed E-state index contributed by atoms with van der Waals surface area (Å²) in [6, 6.07) is 1.47. The van der Waals surface area contributed by atoms with Crippen LogP contribution in [0, 0.1) is 10.1 Å². The normalized spacial score (nSPS) is 20.3. The van der Waals surface area contributed by atoms with Crippen molar-refractivity contribution in [2.75, 3.05) is 24.6 Å². The van der Waals surface area contributed by atoms with E-state index in [-0.39, 0.29) is 16.2 Å². The Morgan fingerprint density at radius 1 is 1.63 bits per heavy atom. The van der Waals surface area contributed by atoms with Gasteiger partial charge in [0.25, 0.3) is 0 Å². The summed E-state index contributed by atoms with van der Waals surface area (Å²) in [5.41, 5.74) is -0.250. The molecule has 1 saturated heterocycles. The van der Waals surface area contributed by atoms with Gasteiger partial charge < -0.3 is 14.7 Å². The average molecular weight is 286 g/mol. The maximum Gasteiger partial charge on any atom is 0.304 e. The van der Waals surface area contributed by atoms with Crippen molar-refractivity contribution in [3.8, 4) is 0 Å². The fraction of sp³-hybridized carbons (Fsp3) is 0.667. The quantitative estimate of drug-likeness (QED) is 0.681. The van der Waals surface area contributed by atoms with E-state index >= 15 is 0 Å². The van der Waals surface area contributed by atoms with Crippen molar-refractivity contribution >= 4 is 22.0 Å². The molecule has 1 atom stereocenters. The monoisotopic (exact) mass is 286 g/mol. The van der Waals surface area contributed by atoms with Gasteiger partial charge in [0, 0.05) is 24.0 Å². The van der Waals surface area contributed by atoms with Crippen LogP contribution in [0.4, 0.5) is 10.7 Å². The third kappa shape index (κ3) is 3.05. The van der Waals surface area contributed by atoms with E-state index in [4.69, 9.17) is 4.74 Å². The van der Waals surface area contributed by atoms with Gasteiger partial charge in [0.1, 0.15) is 0 Å². The number of aliphatic hydroxyl groups excluding tert-OH is 1. The molecule has 1 N–H and O–H groups in total. The largest absolute Gasteiger partial charge is 0.388 e. The highest BCUT2D eigenvalue weighted by Gasteiger charge is 2.32. The summed E-state index contributed by atoms with van der Waals surface area (Å²) in [5, 5.41) is 21.3. The van der Waals surface area contributed by atoms with Crippen LogP contribution in [-0.4, -0.2) is 35.3 Å². The van der Waals surface area contributed by atoms with Crippen LogP contribution in [0.25, 0.3) is 0 Å². The molecule has 7 heteroatoms. The van der Waals surface area contributed by atoms with Crippen LogP contribution < -0.4 is 4.90 Å². The van der Waals surface area contributed by atoms with Crippen LogP contribution in [0.1, 0.15) is 31.8 Å². The maximum atomic E-state index is 11.1. The number of aliphatic hydroxyl groups is 1. The summed E-state index contributed by atoms with van der Waals surface area (Å²) in [7, 11) is 0. The first-order chi connectivity index (χ1) is 8.80. The number of rotatable bonds is 3. The number of anilines is 1. The number of ether oxygens (including phenoxy) is 1. The Morgan fingerprint density at radius 3 is 2.84 bits per heavy atom. The minimum absolute atomic E-state index is 0.0681. The number of hydrogen-bond donors (Lipinski definition) is 1. The van der Waals surface area contributed by atoms with Gasteiger partial charge in [-0.3, -0.25) is 10.1 Å². The number of nitro groups is 1. The van der Waals surface area contributed by atoms with Crippen LogP contribution >= 0.6 is 11.3 Å². The summed E-state index contributed by atoms with van der Waals surface area (Å²) < 4.78 is 5.62. The number of hydrogen-bond acceptors (Lipinski definition) is 6. The minimum Gasteiger partial charge on any atom is -0.388 e. The van der Waals surface area contributed by atoms with Crippen LogP contribution in [0.5, 0.6) is 0 Å². The van der Waals surface area contributed by atoms with E-state index in [9.17, 15) is 15.2 Å². The van der Waals surface area contributed by atoms with Gasteiger partial charge in [-0.2, -0.15) is 0 Å².